The van der Waals surface area contributed by atoms with E-state index in [1.807, 2.05) is 0 Å². The van der Waals surface area contributed by atoms with Crippen molar-refractivity contribution in [1.29, 1.82) is 0 Å². The summed E-state index contributed by atoms with van der Waals surface area (Å²) in [6.45, 7) is 0.153. The predicted molar refractivity (Wildman–Crippen MR) is 28.1 cm³/mol. The van der Waals surface area contributed by atoms with Gasteiger partial charge in [-0.2, -0.15) is 0 Å². The number of hydrogen-bond donors (Lipinski definition) is 1. The van der Waals surface area contributed by atoms with E-state index in [-0.39, 0.29) is 29.8 Å². The SMILES string of the molecule is NCC(=O)I.[Zn]. The number of halogens is 1. The van der Waals surface area contributed by atoms with Crippen molar-refractivity contribution in [2.45, 2.75) is 0 Å². The van der Waals surface area contributed by atoms with Crippen LogP contribution in [-0.2, 0) is 24.3 Å². The molecule has 0 aromatic heterocycles. The van der Waals surface area contributed by atoms with E-state index >= 15 is 0 Å². The van der Waals surface area contributed by atoms with E-state index in [4.69, 9.17) is 5.73 Å². The monoisotopic (exact) mass is 249 g/mol. The fraction of sp³-hybridized carbons (Fsp3) is 0.500. The van der Waals surface area contributed by atoms with Gasteiger partial charge in [-0.15, -0.1) is 0 Å². The third-order valence-corrected chi connectivity index (χ3v) is 0.601. The van der Waals surface area contributed by atoms with Crippen LogP contribution in [0.1, 0.15) is 0 Å². The van der Waals surface area contributed by atoms with Crippen molar-refractivity contribution in [3.05, 3.63) is 0 Å². The summed E-state index contributed by atoms with van der Waals surface area (Å²) >= 11 is 1.64. The summed E-state index contributed by atoms with van der Waals surface area (Å²) in [5.41, 5.74) is 4.81. The molecule has 0 saturated carbocycles. The molecule has 32 valence electrons. The van der Waals surface area contributed by atoms with Crippen molar-refractivity contribution in [2.24, 2.45) is 5.73 Å². The molecule has 0 aliphatic rings. The molecule has 0 radical (unpaired) electrons. The third-order valence-electron chi connectivity index (χ3n) is 0.160. The molecule has 0 rings (SSSR count). The molecule has 0 aliphatic carbocycles. The molecule has 0 spiro atoms. The summed E-state index contributed by atoms with van der Waals surface area (Å²) in [6.07, 6.45) is 0. The molecule has 0 saturated heterocycles. The Morgan fingerprint density at radius 3 is 2.00 bits per heavy atom. The Morgan fingerprint density at radius 2 is 2.00 bits per heavy atom. The van der Waals surface area contributed by atoms with Crippen LogP contribution in [0.5, 0.6) is 0 Å². The normalized spacial score (nSPS) is 6.33. The van der Waals surface area contributed by atoms with Gasteiger partial charge in [-0.25, -0.2) is 0 Å². The topological polar surface area (TPSA) is 43.1 Å². The number of nitrogens with two attached hydrogens (primary N) is 1. The number of hydrogen-bond acceptors (Lipinski definition) is 2. The van der Waals surface area contributed by atoms with Crippen LogP contribution in [0.2, 0.25) is 0 Å². The van der Waals surface area contributed by atoms with Gasteiger partial charge in [0.15, 0.2) is 0 Å². The molecule has 4 heteroatoms. The molecule has 2 N–H and O–H groups in total. The van der Waals surface area contributed by atoms with E-state index in [1.165, 1.54) is 0 Å². The Labute approximate surface area is 62.8 Å². The molecule has 6 heavy (non-hydrogen) atoms. The summed E-state index contributed by atoms with van der Waals surface area (Å²) in [6, 6.07) is 0. The van der Waals surface area contributed by atoms with Gasteiger partial charge in [-0.1, -0.05) is 0 Å². The fourth-order valence-electron chi connectivity index (χ4n) is 0. The Bertz CT molecular complexity index is 48.8. The van der Waals surface area contributed by atoms with Gasteiger partial charge in [0.25, 0.3) is 0 Å². The molecule has 0 heterocycles. The second kappa shape index (κ2) is 5.98. The molecule has 0 fully saturated rings. The van der Waals surface area contributed by atoms with Crippen molar-refractivity contribution in [1.82, 2.24) is 0 Å². The van der Waals surface area contributed by atoms with Crippen molar-refractivity contribution in [3.8, 4) is 0 Å². The third kappa shape index (κ3) is 8.88. The average molecular weight is 250 g/mol. The van der Waals surface area contributed by atoms with Gasteiger partial charge in [0, 0.05) is 42.1 Å². The van der Waals surface area contributed by atoms with E-state index < -0.39 is 0 Å². The zero-order valence-corrected chi connectivity index (χ0v) is 8.40. The largest absolute Gasteiger partial charge is 0.323 e. The second-order valence-corrected chi connectivity index (χ2v) is 1.76. The predicted octanol–water partition coefficient (Wildman–Crippen LogP) is -0.0958. The van der Waals surface area contributed by atoms with Crippen molar-refractivity contribution >= 4 is 26.4 Å². The Balaban J connectivity index is 0. The molecule has 0 aromatic rings. The Morgan fingerprint density at radius 1 is 1.83 bits per heavy atom. The molecular formula is C2H4INOZn. The quantitative estimate of drug-likeness (QED) is 0.401. The maximum atomic E-state index is 9.67. The first kappa shape index (κ1) is 10.1. The minimum atomic E-state index is 0. The van der Waals surface area contributed by atoms with E-state index in [0.29, 0.717) is 0 Å². The van der Waals surface area contributed by atoms with Crippen molar-refractivity contribution in [3.63, 3.8) is 0 Å². The first-order valence-electron chi connectivity index (χ1n) is 1.15. The molecule has 0 aliphatic heterocycles. The van der Waals surface area contributed by atoms with Gasteiger partial charge in [-0.3, -0.25) is 4.79 Å². The van der Waals surface area contributed by atoms with Crippen molar-refractivity contribution < 1.29 is 24.3 Å². The van der Waals surface area contributed by atoms with Crippen LogP contribution in [-0.4, -0.2) is 10.3 Å². The minimum absolute atomic E-state index is 0. The van der Waals surface area contributed by atoms with E-state index in [9.17, 15) is 4.79 Å². The molecule has 0 bridgehead atoms. The molecule has 0 amide bonds. The fourth-order valence-corrected chi connectivity index (χ4v) is 0. The maximum absolute atomic E-state index is 9.67. The van der Waals surface area contributed by atoms with Crippen LogP contribution < -0.4 is 5.73 Å². The zero-order valence-electron chi connectivity index (χ0n) is 3.28. The van der Waals surface area contributed by atoms with Gasteiger partial charge < -0.3 is 5.73 Å². The molecule has 0 atom stereocenters. The maximum Gasteiger partial charge on any atom is 0.205 e. The van der Waals surface area contributed by atoms with Crippen LogP contribution in [0.3, 0.4) is 0 Å². The van der Waals surface area contributed by atoms with Crippen molar-refractivity contribution in [2.75, 3.05) is 6.54 Å². The van der Waals surface area contributed by atoms with Gasteiger partial charge in [0.2, 0.25) is 3.79 Å². The summed E-state index contributed by atoms with van der Waals surface area (Å²) in [7, 11) is 0. The summed E-state index contributed by atoms with van der Waals surface area (Å²) in [5, 5.41) is 0. The minimum Gasteiger partial charge on any atom is -0.323 e. The van der Waals surface area contributed by atoms with Gasteiger partial charge >= 0.3 is 0 Å². The van der Waals surface area contributed by atoms with E-state index in [2.05, 4.69) is 0 Å². The molecular weight excluding hydrogens is 246 g/mol. The van der Waals surface area contributed by atoms with Crippen LogP contribution in [0.15, 0.2) is 0 Å². The van der Waals surface area contributed by atoms with E-state index in [0.717, 1.165) is 0 Å². The summed E-state index contributed by atoms with van der Waals surface area (Å²) < 4.78 is 0.00241. The van der Waals surface area contributed by atoms with Crippen LogP contribution >= 0.6 is 22.6 Å². The summed E-state index contributed by atoms with van der Waals surface area (Å²) in [5.74, 6) is 0. The van der Waals surface area contributed by atoms with Gasteiger partial charge in [0.1, 0.15) is 0 Å². The van der Waals surface area contributed by atoms with Crippen LogP contribution in [0.25, 0.3) is 0 Å². The van der Waals surface area contributed by atoms with E-state index in [1.54, 1.807) is 22.6 Å². The smallest absolute Gasteiger partial charge is 0.205 e. The Kier molecular flexibility index (Phi) is 10.0. The first-order valence-corrected chi connectivity index (χ1v) is 2.23. The number of rotatable bonds is 1. The standard InChI is InChI=1S/C2H4INO.Zn/c3-2(5)1-4;/h1,4H2;. The molecule has 0 unspecified atom stereocenters. The molecule has 2 nitrogen and oxygen atoms in total. The summed E-state index contributed by atoms with van der Waals surface area (Å²) in [4.78, 5) is 9.67. The van der Waals surface area contributed by atoms with Crippen LogP contribution in [0.4, 0.5) is 0 Å². The van der Waals surface area contributed by atoms with Gasteiger partial charge in [0.05, 0.1) is 6.54 Å². The number of carbonyl (C=O) groups excluding carboxylic acids is 1. The zero-order chi connectivity index (χ0) is 4.28. The first-order chi connectivity index (χ1) is 2.27. The second-order valence-electron chi connectivity index (χ2n) is 0.559. The van der Waals surface area contributed by atoms with Gasteiger partial charge in [-0.05, 0) is 0 Å². The van der Waals surface area contributed by atoms with Crippen LogP contribution in [0, 0.1) is 0 Å². The Hall–Kier alpha value is 0.983. The average Bonchev–Trinajstić information content (AvgIpc) is 1.38. The number of carbonyl (C=O) groups is 1. The molecule has 0 aromatic carbocycles.